The number of methoxy groups -OCH3 is 3. The molecule has 2 aromatic rings. The van der Waals surface area contributed by atoms with Gasteiger partial charge in [-0.15, -0.1) is 11.3 Å². The molecule has 1 aromatic heterocycles. The van der Waals surface area contributed by atoms with Crippen LogP contribution in [0.2, 0.25) is 0 Å². The van der Waals surface area contributed by atoms with Crippen molar-refractivity contribution in [3.63, 3.8) is 0 Å². The molecule has 0 radical (unpaired) electrons. The van der Waals surface area contributed by atoms with Gasteiger partial charge in [-0.05, 0) is 17.9 Å². The van der Waals surface area contributed by atoms with Gasteiger partial charge in [-0.1, -0.05) is 6.07 Å². The van der Waals surface area contributed by atoms with E-state index in [9.17, 15) is 14.9 Å². The van der Waals surface area contributed by atoms with E-state index in [2.05, 4.69) is 16.3 Å². The third-order valence-electron chi connectivity index (χ3n) is 5.13. The first-order chi connectivity index (χ1) is 14.5. The van der Waals surface area contributed by atoms with E-state index in [0.717, 1.165) is 26.1 Å². The van der Waals surface area contributed by atoms with Crippen LogP contribution in [-0.4, -0.2) is 74.7 Å². The summed E-state index contributed by atoms with van der Waals surface area (Å²) < 4.78 is 15.7. The summed E-state index contributed by atoms with van der Waals surface area (Å²) in [6.07, 6.45) is 0.976. The molecule has 3 rings (SSSR count). The first kappa shape index (κ1) is 21.8. The second-order valence-corrected chi connectivity index (χ2v) is 7.79. The molecule has 1 aliphatic heterocycles. The highest BCUT2D eigenvalue weighted by Crippen LogP contribution is 2.46. The van der Waals surface area contributed by atoms with Gasteiger partial charge in [-0.2, -0.15) is 0 Å². The lowest BCUT2D eigenvalue weighted by Gasteiger charge is -2.34. The Balaban J connectivity index is 1.77. The van der Waals surface area contributed by atoms with Gasteiger partial charge in [0.1, 0.15) is 5.56 Å². The van der Waals surface area contributed by atoms with Gasteiger partial charge in [0.25, 0.3) is 5.91 Å². The fourth-order valence-electron chi connectivity index (χ4n) is 3.55. The molecular weight excluding hydrogens is 410 g/mol. The summed E-state index contributed by atoms with van der Waals surface area (Å²) in [7, 11) is 4.07. The van der Waals surface area contributed by atoms with Gasteiger partial charge in [0.2, 0.25) is 11.5 Å². The molecule has 10 heteroatoms. The largest absolute Gasteiger partial charge is 0.493 e. The van der Waals surface area contributed by atoms with E-state index in [-0.39, 0.29) is 22.8 Å². The Morgan fingerprint density at radius 1 is 1.13 bits per heavy atom. The Morgan fingerprint density at radius 2 is 1.83 bits per heavy atom. The molecule has 0 saturated carbocycles. The van der Waals surface area contributed by atoms with Gasteiger partial charge in [0, 0.05) is 43.7 Å². The van der Waals surface area contributed by atoms with E-state index in [1.165, 1.54) is 32.3 Å². The van der Waals surface area contributed by atoms with E-state index in [0.29, 0.717) is 13.1 Å². The summed E-state index contributed by atoms with van der Waals surface area (Å²) in [5, 5.41) is 13.8. The number of rotatable bonds is 8. The molecule has 0 spiro atoms. The number of nitro benzene ring substituents is 1. The Hall–Kier alpha value is -2.85. The van der Waals surface area contributed by atoms with Gasteiger partial charge in [0.05, 0.1) is 26.3 Å². The number of thiophene rings is 1. The van der Waals surface area contributed by atoms with Gasteiger partial charge in [-0.3, -0.25) is 19.8 Å². The van der Waals surface area contributed by atoms with Crippen LogP contribution in [0.25, 0.3) is 0 Å². The highest BCUT2D eigenvalue weighted by Gasteiger charge is 2.35. The zero-order chi connectivity index (χ0) is 21.7. The molecule has 1 aliphatic rings. The monoisotopic (exact) mass is 435 g/mol. The summed E-state index contributed by atoms with van der Waals surface area (Å²) >= 11 is 1.74. The number of piperazine rings is 1. The molecule has 0 bridgehead atoms. The van der Waals surface area contributed by atoms with E-state index in [4.69, 9.17) is 14.2 Å². The van der Waals surface area contributed by atoms with Crippen LogP contribution < -0.4 is 14.2 Å². The third kappa shape index (κ3) is 4.49. The molecule has 1 aromatic carbocycles. The molecule has 0 atom stereocenters. The Labute approximate surface area is 178 Å². The van der Waals surface area contributed by atoms with Crippen molar-refractivity contribution in [2.24, 2.45) is 0 Å². The number of hydrogen-bond acceptors (Lipinski definition) is 8. The van der Waals surface area contributed by atoms with E-state index in [1.807, 2.05) is 6.07 Å². The molecule has 0 aliphatic carbocycles. The van der Waals surface area contributed by atoms with Crippen LogP contribution in [0.1, 0.15) is 15.2 Å². The molecule has 30 heavy (non-hydrogen) atoms. The normalized spacial score (nSPS) is 14.4. The van der Waals surface area contributed by atoms with Crippen molar-refractivity contribution >= 4 is 22.9 Å². The fourth-order valence-corrected chi connectivity index (χ4v) is 4.25. The molecule has 162 valence electrons. The minimum atomic E-state index is -0.620. The van der Waals surface area contributed by atoms with Crippen LogP contribution >= 0.6 is 11.3 Å². The predicted octanol–water partition coefficient (Wildman–Crippen LogP) is 2.68. The van der Waals surface area contributed by atoms with Crippen LogP contribution in [0.4, 0.5) is 5.69 Å². The molecule has 1 fully saturated rings. The van der Waals surface area contributed by atoms with Crippen molar-refractivity contribution < 1.29 is 23.9 Å². The van der Waals surface area contributed by atoms with Crippen molar-refractivity contribution in [3.05, 3.63) is 44.1 Å². The molecule has 9 nitrogen and oxygen atoms in total. The predicted molar refractivity (Wildman–Crippen MR) is 113 cm³/mol. The van der Waals surface area contributed by atoms with Crippen molar-refractivity contribution in [3.8, 4) is 17.2 Å². The van der Waals surface area contributed by atoms with Crippen molar-refractivity contribution in [1.82, 2.24) is 9.80 Å². The number of ether oxygens (including phenoxy) is 3. The average molecular weight is 436 g/mol. The summed E-state index contributed by atoms with van der Waals surface area (Å²) in [5.41, 5.74) is -0.484. The van der Waals surface area contributed by atoms with Crippen molar-refractivity contribution in [1.29, 1.82) is 0 Å². The molecule has 1 saturated heterocycles. The fraction of sp³-hybridized carbons (Fsp3) is 0.450. The van der Waals surface area contributed by atoms with Crippen LogP contribution in [0.3, 0.4) is 0 Å². The maximum absolute atomic E-state index is 13.2. The molecule has 2 heterocycles. The number of carbonyl (C=O) groups excluding carboxylic acids is 1. The van der Waals surface area contributed by atoms with Crippen molar-refractivity contribution in [2.45, 2.75) is 6.42 Å². The molecular formula is C20H25N3O6S. The lowest BCUT2D eigenvalue weighted by Crippen LogP contribution is -2.49. The van der Waals surface area contributed by atoms with E-state index < -0.39 is 16.5 Å². The highest BCUT2D eigenvalue weighted by atomic mass is 32.1. The topological polar surface area (TPSA) is 94.4 Å². The van der Waals surface area contributed by atoms with E-state index in [1.54, 1.807) is 16.2 Å². The third-order valence-corrected chi connectivity index (χ3v) is 6.07. The second kappa shape index (κ2) is 9.77. The Morgan fingerprint density at radius 3 is 2.37 bits per heavy atom. The standard InChI is InChI=1S/C20H25N3O6S/c1-27-16-13-15(17(23(25)26)19(29-3)18(16)28-2)20(24)22-10-8-21(9-11-22)7-6-14-5-4-12-30-14/h4-5,12-13H,6-11H2,1-3H3. The summed E-state index contributed by atoms with van der Waals surface area (Å²) in [4.78, 5) is 29.6. The lowest BCUT2D eigenvalue weighted by molar-refractivity contribution is -0.386. The van der Waals surface area contributed by atoms with Crippen LogP contribution in [0, 0.1) is 10.1 Å². The summed E-state index contributed by atoms with van der Waals surface area (Å²) in [6, 6.07) is 5.51. The number of nitrogens with zero attached hydrogens (tertiary/aromatic N) is 3. The number of amides is 1. The smallest absolute Gasteiger partial charge is 0.327 e. The minimum Gasteiger partial charge on any atom is -0.493 e. The first-order valence-corrected chi connectivity index (χ1v) is 10.4. The van der Waals surface area contributed by atoms with Gasteiger partial charge < -0.3 is 19.1 Å². The number of nitro groups is 1. The molecule has 0 unspecified atom stereocenters. The number of benzene rings is 1. The number of carbonyl (C=O) groups is 1. The van der Waals surface area contributed by atoms with Crippen molar-refractivity contribution in [2.75, 3.05) is 54.1 Å². The summed E-state index contributed by atoms with van der Waals surface area (Å²) in [6.45, 7) is 3.35. The van der Waals surface area contributed by atoms with Crippen LogP contribution in [0.15, 0.2) is 23.6 Å². The van der Waals surface area contributed by atoms with Gasteiger partial charge in [0.15, 0.2) is 5.75 Å². The molecule has 1 amide bonds. The Bertz CT molecular complexity index is 894. The number of hydrogen-bond donors (Lipinski definition) is 0. The zero-order valence-electron chi connectivity index (χ0n) is 17.3. The maximum Gasteiger partial charge on any atom is 0.327 e. The van der Waals surface area contributed by atoms with Crippen LogP contribution in [0.5, 0.6) is 17.2 Å². The van der Waals surface area contributed by atoms with Crippen LogP contribution in [-0.2, 0) is 6.42 Å². The van der Waals surface area contributed by atoms with Gasteiger partial charge >= 0.3 is 5.69 Å². The zero-order valence-corrected chi connectivity index (χ0v) is 18.1. The van der Waals surface area contributed by atoms with Gasteiger partial charge in [-0.25, -0.2) is 0 Å². The minimum absolute atomic E-state index is 0.0680. The Kier molecular flexibility index (Phi) is 7.11. The first-order valence-electron chi connectivity index (χ1n) is 9.51. The maximum atomic E-state index is 13.2. The second-order valence-electron chi connectivity index (χ2n) is 6.76. The lowest BCUT2D eigenvalue weighted by atomic mass is 10.1. The van der Waals surface area contributed by atoms with E-state index >= 15 is 0 Å². The highest BCUT2D eigenvalue weighted by molar-refractivity contribution is 7.09. The quantitative estimate of drug-likeness (QED) is 0.465. The SMILES string of the molecule is COc1cc(C(=O)N2CCN(CCc3cccs3)CC2)c([N+](=O)[O-])c(OC)c1OC. The average Bonchev–Trinajstić information content (AvgIpc) is 3.29. The molecule has 0 N–H and O–H groups in total. The summed E-state index contributed by atoms with van der Waals surface area (Å²) in [5.74, 6) is -0.252.